The third kappa shape index (κ3) is 9.30. The lowest BCUT2D eigenvalue weighted by molar-refractivity contribution is -0.127. The maximum absolute atomic E-state index is 11.5. The molecule has 0 aliphatic heterocycles. The maximum atomic E-state index is 11.5. The van der Waals surface area contributed by atoms with Gasteiger partial charge in [0.2, 0.25) is 5.91 Å². The molecule has 0 aromatic heterocycles. The maximum Gasteiger partial charge on any atom is 0.243 e. The van der Waals surface area contributed by atoms with Crippen LogP contribution >= 0.6 is 0 Å². The van der Waals surface area contributed by atoms with Gasteiger partial charge in [-0.15, -0.1) is 0 Å². The van der Waals surface area contributed by atoms with Crippen molar-refractivity contribution in [3.8, 4) is 0 Å². The highest BCUT2D eigenvalue weighted by Crippen LogP contribution is 1.88. The first-order valence-electron chi connectivity index (χ1n) is 6.83. The highest BCUT2D eigenvalue weighted by molar-refractivity contribution is 5.84. The minimum atomic E-state index is -0.0185. The first kappa shape index (κ1) is 17.7. The fraction of sp³-hybridized carbons (Fsp3) is 0.846. The number of nitrogens with one attached hydrogen (secondary N) is 2. The van der Waals surface area contributed by atoms with Crippen molar-refractivity contribution >= 4 is 11.9 Å². The van der Waals surface area contributed by atoms with Gasteiger partial charge in [0, 0.05) is 33.3 Å². The van der Waals surface area contributed by atoms with Crippen molar-refractivity contribution in [1.29, 1.82) is 0 Å². The van der Waals surface area contributed by atoms with Crippen LogP contribution in [-0.2, 0) is 9.53 Å². The molecule has 0 aliphatic rings. The summed E-state index contributed by atoms with van der Waals surface area (Å²) in [7, 11) is 3.45. The van der Waals surface area contributed by atoms with E-state index in [1.165, 1.54) is 4.90 Å². The van der Waals surface area contributed by atoms with Crippen LogP contribution in [0, 0.1) is 0 Å². The summed E-state index contributed by atoms with van der Waals surface area (Å²) in [5.74, 6) is 0.638. The van der Waals surface area contributed by atoms with Gasteiger partial charge in [-0.25, -0.2) is 4.99 Å². The average Bonchev–Trinajstić information content (AvgIpc) is 2.39. The predicted octanol–water partition coefficient (Wildman–Crippen LogP) is 0.445. The molecule has 0 bridgehead atoms. The molecule has 6 heteroatoms. The number of rotatable bonds is 8. The van der Waals surface area contributed by atoms with E-state index < -0.39 is 0 Å². The molecule has 0 spiro atoms. The Balaban J connectivity index is 4.30. The Bertz CT molecular complexity index is 280. The number of carbonyl (C=O) groups is 1. The zero-order valence-electron chi connectivity index (χ0n) is 12.8. The molecule has 6 nitrogen and oxygen atoms in total. The van der Waals surface area contributed by atoms with Crippen LogP contribution in [0.2, 0.25) is 0 Å². The molecule has 0 rings (SSSR count). The van der Waals surface area contributed by atoms with Gasteiger partial charge in [0.05, 0.1) is 6.61 Å². The van der Waals surface area contributed by atoms with Gasteiger partial charge in [-0.3, -0.25) is 4.79 Å². The van der Waals surface area contributed by atoms with E-state index in [9.17, 15) is 4.79 Å². The second-order valence-electron chi connectivity index (χ2n) is 4.53. The quantitative estimate of drug-likeness (QED) is 0.382. The van der Waals surface area contributed by atoms with Gasteiger partial charge in [-0.05, 0) is 20.3 Å². The minimum absolute atomic E-state index is 0.0185. The van der Waals surface area contributed by atoms with Gasteiger partial charge < -0.3 is 20.3 Å². The number of carbonyl (C=O) groups excluding carboxylic acids is 1. The topological polar surface area (TPSA) is 66.0 Å². The molecule has 0 saturated heterocycles. The van der Waals surface area contributed by atoms with Crippen LogP contribution in [0.15, 0.2) is 4.99 Å². The molecule has 0 aromatic carbocycles. The van der Waals surface area contributed by atoms with E-state index in [0.717, 1.165) is 6.42 Å². The first-order chi connectivity index (χ1) is 9.01. The molecule has 1 unspecified atom stereocenters. The van der Waals surface area contributed by atoms with E-state index in [0.29, 0.717) is 31.8 Å². The third-order valence-corrected chi connectivity index (χ3v) is 2.61. The van der Waals surface area contributed by atoms with Crippen LogP contribution in [0.3, 0.4) is 0 Å². The number of hydrogen-bond donors (Lipinski definition) is 2. The molecule has 0 radical (unpaired) electrons. The van der Waals surface area contributed by atoms with Gasteiger partial charge in [0.15, 0.2) is 5.96 Å². The fourth-order valence-electron chi connectivity index (χ4n) is 1.16. The summed E-state index contributed by atoms with van der Waals surface area (Å²) in [6, 6.07) is 0.313. The fourth-order valence-corrected chi connectivity index (χ4v) is 1.16. The highest BCUT2D eigenvalue weighted by Gasteiger charge is 2.06. The Kier molecular flexibility index (Phi) is 9.88. The smallest absolute Gasteiger partial charge is 0.243 e. The van der Waals surface area contributed by atoms with Crippen molar-refractivity contribution in [3.63, 3.8) is 0 Å². The monoisotopic (exact) mass is 272 g/mol. The van der Waals surface area contributed by atoms with Crippen molar-refractivity contribution in [2.75, 3.05) is 40.4 Å². The van der Waals surface area contributed by atoms with Gasteiger partial charge in [-0.1, -0.05) is 6.92 Å². The molecule has 0 aromatic rings. The van der Waals surface area contributed by atoms with Crippen molar-refractivity contribution < 1.29 is 9.53 Å². The van der Waals surface area contributed by atoms with Crippen LogP contribution in [0.1, 0.15) is 27.2 Å². The van der Waals surface area contributed by atoms with E-state index in [-0.39, 0.29) is 12.5 Å². The van der Waals surface area contributed by atoms with Gasteiger partial charge in [0.25, 0.3) is 0 Å². The summed E-state index contributed by atoms with van der Waals surface area (Å²) in [5, 5.41) is 6.41. The van der Waals surface area contributed by atoms with Gasteiger partial charge in [0.1, 0.15) is 6.54 Å². The molecular formula is C13H28N4O2. The summed E-state index contributed by atoms with van der Waals surface area (Å²) in [4.78, 5) is 17.3. The van der Waals surface area contributed by atoms with Crippen molar-refractivity contribution in [3.05, 3.63) is 0 Å². The molecule has 0 aliphatic carbocycles. The van der Waals surface area contributed by atoms with Crippen molar-refractivity contribution in [2.24, 2.45) is 4.99 Å². The van der Waals surface area contributed by atoms with Crippen LogP contribution in [0.5, 0.6) is 0 Å². The Morgan fingerprint density at radius 3 is 2.58 bits per heavy atom. The van der Waals surface area contributed by atoms with E-state index in [4.69, 9.17) is 4.74 Å². The lowest BCUT2D eigenvalue weighted by Gasteiger charge is -2.17. The Hall–Kier alpha value is -1.30. The molecule has 112 valence electrons. The molecular weight excluding hydrogens is 244 g/mol. The molecule has 0 heterocycles. The van der Waals surface area contributed by atoms with Crippen molar-refractivity contribution in [1.82, 2.24) is 15.5 Å². The molecule has 1 amide bonds. The summed E-state index contributed by atoms with van der Waals surface area (Å²) in [5.41, 5.74) is 0. The van der Waals surface area contributed by atoms with E-state index in [2.05, 4.69) is 29.5 Å². The second-order valence-corrected chi connectivity index (χ2v) is 4.53. The largest absolute Gasteiger partial charge is 0.380 e. The third-order valence-electron chi connectivity index (χ3n) is 2.61. The summed E-state index contributed by atoms with van der Waals surface area (Å²) in [6.07, 6.45) is 0.994. The number of amides is 1. The number of guanidine groups is 1. The summed E-state index contributed by atoms with van der Waals surface area (Å²) < 4.78 is 5.26. The van der Waals surface area contributed by atoms with Gasteiger partial charge >= 0.3 is 0 Å². The molecule has 2 N–H and O–H groups in total. The van der Waals surface area contributed by atoms with E-state index in [1.54, 1.807) is 14.1 Å². The second kappa shape index (κ2) is 10.6. The summed E-state index contributed by atoms with van der Waals surface area (Å²) in [6.45, 7) is 8.28. The normalized spacial score (nSPS) is 13.0. The van der Waals surface area contributed by atoms with Crippen LogP contribution in [-0.4, -0.2) is 63.2 Å². The summed E-state index contributed by atoms with van der Waals surface area (Å²) >= 11 is 0. The van der Waals surface area contributed by atoms with E-state index in [1.807, 2.05) is 6.92 Å². The SMILES string of the molecule is CCOCCNC(=NCC(=O)N(C)C)NC(C)CC. The lowest BCUT2D eigenvalue weighted by Crippen LogP contribution is -2.43. The highest BCUT2D eigenvalue weighted by atomic mass is 16.5. The average molecular weight is 272 g/mol. The molecule has 0 fully saturated rings. The Labute approximate surface area is 116 Å². The minimum Gasteiger partial charge on any atom is -0.380 e. The molecule has 1 atom stereocenters. The number of aliphatic imine (C=N–C) groups is 1. The van der Waals surface area contributed by atoms with Crippen LogP contribution in [0.25, 0.3) is 0 Å². The zero-order valence-corrected chi connectivity index (χ0v) is 12.8. The zero-order chi connectivity index (χ0) is 14.7. The standard InChI is InChI=1S/C13H28N4O2/c1-6-11(3)16-13(14-8-9-19-7-2)15-10-12(18)17(4)5/h11H,6-10H2,1-5H3,(H2,14,15,16). The molecule has 0 saturated carbocycles. The van der Waals surface area contributed by atoms with Crippen molar-refractivity contribution in [2.45, 2.75) is 33.2 Å². The molecule has 19 heavy (non-hydrogen) atoms. The lowest BCUT2D eigenvalue weighted by atomic mass is 10.3. The van der Waals surface area contributed by atoms with Crippen LogP contribution in [0.4, 0.5) is 0 Å². The Morgan fingerprint density at radius 2 is 2.05 bits per heavy atom. The number of likely N-dealkylation sites (N-methyl/N-ethyl adjacent to an activating group) is 1. The number of nitrogens with zero attached hydrogens (tertiary/aromatic N) is 2. The van der Waals surface area contributed by atoms with Crippen LogP contribution < -0.4 is 10.6 Å². The Morgan fingerprint density at radius 1 is 1.37 bits per heavy atom. The predicted molar refractivity (Wildman–Crippen MR) is 78.4 cm³/mol. The first-order valence-corrected chi connectivity index (χ1v) is 6.83. The number of ether oxygens (including phenoxy) is 1. The van der Waals surface area contributed by atoms with Gasteiger partial charge in [-0.2, -0.15) is 0 Å². The van der Waals surface area contributed by atoms with E-state index >= 15 is 0 Å². The number of hydrogen-bond acceptors (Lipinski definition) is 3.